The summed E-state index contributed by atoms with van der Waals surface area (Å²) in [6, 6.07) is 1.84. The van der Waals surface area contributed by atoms with Gasteiger partial charge in [-0.1, -0.05) is 16.8 Å². The van der Waals surface area contributed by atoms with Gasteiger partial charge in [-0.05, 0) is 25.5 Å². The molecule has 0 aliphatic carbocycles. The van der Waals surface area contributed by atoms with Gasteiger partial charge in [0.1, 0.15) is 5.75 Å². The number of benzene rings is 1. The van der Waals surface area contributed by atoms with Gasteiger partial charge in [-0.25, -0.2) is 0 Å². The molecule has 1 heterocycles. The Kier molecular flexibility index (Phi) is 2.98. The number of rotatable bonds is 2. The molecule has 0 aliphatic rings. The standard InChI is InChI=1S/C12H13ClN2O2/c1-6-4-9(13)10(7(2)11(6)16-3)8-5-15-17-12(8)14/h4-5H,14H2,1-3H3. The number of aromatic nitrogens is 1. The lowest BCUT2D eigenvalue weighted by molar-refractivity contribution is 0.409. The molecule has 0 saturated heterocycles. The molecule has 0 fully saturated rings. The number of anilines is 1. The second kappa shape index (κ2) is 4.30. The van der Waals surface area contributed by atoms with Crippen LogP contribution < -0.4 is 10.5 Å². The van der Waals surface area contributed by atoms with Crippen molar-refractivity contribution in [3.63, 3.8) is 0 Å². The van der Waals surface area contributed by atoms with Crippen molar-refractivity contribution in [1.82, 2.24) is 5.16 Å². The Morgan fingerprint density at radius 3 is 2.65 bits per heavy atom. The van der Waals surface area contributed by atoms with E-state index in [1.165, 1.54) is 0 Å². The van der Waals surface area contributed by atoms with E-state index in [0.717, 1.165) is 22.4 Å². The smallest absolute Gasteiger partial charge is 0.230 e. The van der Waals surface area contributed by atoms with E-state index in [1.807, 2.05) is 19.9 Å². The molecular formula is C12H13ClN2O2. The maximum absolute atomic E-state index is 6.25. The minimum absolute atomic E-state index is 0.251. The summed E-state index contributed by atoms with van der Waals surface area (Å²) in [6.45, 7) is 3.87. The Morgan fingerprint density at radius 2 is 2.12 bits per heavy atom. The van der Waals surface area contributed by atoms with Crippen molar-refractivity contribution in [1.29, 1.82) is 0 Å². The molecule has 17 heavy (non-hydrogen) atoms. The van der Waals surface area contributed by atoms with E-state index in [4.69, 9.17) is 26.6 Å². The normalized spacial score (nSPS) is 10.6. The molecule has 0 radical (unpaired) electrons. The maximum atomic E-state index is 6.25. The molecule has 0 saturated carbocycles. The van der Waals surface area contributed by atoms with Gasteiger partial charge in [0.05, 0.1) is 18.9 Å². The van der Waals surface area contributed by atoms with Crippen LogP contribution in [0.4, 0.5) is 5.88 Å². The highest BCUT2D eigenvalue weighted by Gasteiger charge is 2.18. The third kappa shape index (κ3) is 1.85. The predicted molar refractivity (Wildman–Crippen MR) is 67.4 cm³/mol. The average Bonchev–Trinajstić information content (AvgIpc) is 2.65. The van der Waals surface area contributed by atoms with Gasteiger partial charge < -0.3 is 15.0 Å². The first-order chi connectivity index (χ1) is 8.06. The van der Waals surface area contributed by atoms with E-state index in [9.17, 15) is 0 Å². The van der Waals surface area contributed by atoms with Crippen LogP contribution in [0.2, 0.25) is 5.02 Å². The quantitative estimate of drug-likeness (QED) is 0.892. The Labute approximate surface area is 104 Å². The van der Waals surface area contributed by atoms with Crippen LogP contribution >= 0.6 is 11.6 Å². The number of aryl methyl sites for hydroxylation is 1. The van der Waals surface area contributed by atoms with Crippen molar-refractivity contribution < 1.29 is 9.26 Å². The molecule has 4 nitrogen and oxygen atoms in total. The van der Waals surface area contributed by atoms with Gasteiger partial charge in [0, 0.05) is 16.1 Å². The number of hydrogen-bond donors (Lipinski definition) is 1. The van der Waals surface area contributed by atoms with Crippen molar-refractivity contribution in [2.45, 2.75) is 13.8 Å². The summed E-state index contributed by atoms with van der Waals surface area (Å²) in [6.07, 6.45) is 1.55. The molecule has 0 bridgehead atoms. The summed E-state index contributed by atoms with van der Waals surface area (Å²) in [5.41, 5.74) is 9.10. The number of methoxy groups -OCH3 is 1. The van der Waals surface area contributed by atoms with Crippen molar-refractivity contribution >= 4 is 17.5 Å². The van der Waals surface area contributed by atoms with E-state index < -0.39 is 0 Å². The maximum Gasteiger partial charge on any atom is 0.230 e. The summed E-state index contributed by atoms with van der Waals surface area (Å²) in [4.78, 5) is 0. The fraction of sp³-hybridized carbons (Fsp3) is 0.250. The average molecular weight is 253 g/mol. The van der Waals surface area contributed by atoms with Gasteiger partial charge in [-0.2, -0.15) is 0 Å². The fourth-order valence-corrected chi connectivity index (χ4v) is 2.40. The zero-order valence-electron chi connectivity index (χ0n) is 9.87. The van der Waals surface area contributed by atoms with Crippen LogP contribution in [0.25, 0.3) is 11.1 Å². The van der Waals surface area contributed by atoms with E-state index in [0.29, 0.717) is 10.6 Å². The van der Waals surface area contributed by atoms with Gasteiger partial charge >= 0.3 is 0 Å². The minimum Gasteiger partial charge on any atom is -0.496 e. The first-order valence-corrected chi connectivity index (χ1v) is 5.48. The van der Waals surface area contributed by atoms with Crippen LogP contribution in [-0.2, 0) is 0 Å². The molecule has 1 aromatic heterocycles. The molecule has 2 aromatic rings. The topological polar surface area (TPSA) is 61.3 Å². The van der Waals surface area contributed by atoms with Crippen LogP contribution in [0.15, 0.2) is 16.8 Å². The number of nitrogen functional groups attached to an aromatic ring is 1. The minimum atomic E-state index is 0.251. The number of halogens is 1. The zero-order chi connectivity index (χ0) is 12.6. The number of nitrogens with two attached hydrogens (primary N) is 1. The van der Waals surface area contributed by atoms with E-state index in [2.05, 4.69) is 5.16 Å². The van der Waals surface area contributed by atoms with Crippen molar-refractivity contribution in [2.75, 3.05) is 12.8 Å². The number of ether oxygens (including phenoxy) is 1. The summed E-state index contributed by atoms with van der Waals surface area (Å²) < 4.78 is 10.2. The SMILES string of the molecule is COc1c(C)cc(Cl)c(-c2cnoc2N)c1C. The van der Waals surface area contributed by atoms with Crippen molar-refractivity contribution in [3.8, 4) is 16.9 Å². The molecule has 90 valence electrons. The third-order valence-corrected chi connectivity index (χ3v) is 3.03. The number of nitrogens with zero attached hydrogens (tertiary/aromatic N) is 1. The summed E-state index contributed by atoms with van der Waals surface area (Å²) >= 11 is 6.25. The Balaban J connectivity index is 2.74. The van der Waals surface area contributed by atoms with E-state index in [1.54, 1.807) is 13.3 Å². The molecule has 0 amide bonds. The summed E-state index contributed by atoms with van der Waals surface area (Å²) in [5, 5.41) is 4.27. The fourth-order valence-electron chi connectivity index (χ4n) is 2.00. The second-order valence-electron chi connectivity index (χ2n) is 3.81. The van der Waals surface area contributed by atoms with Crippen LogP contribution in [0.3, 0.4) is 0 Å². The molecular weight excluding hydrogens is 240 g/mol. The van der Waals surface area contributed by atoms with Crippen LogP contribution in [0.5, 0.6) is 5.75 Å². The van der Waals surface area contributed by atoms with Gasteiger partial charge in [0.15, 0.2) is 0 Å². The lowest BCUT2D eigenvalue weighted by Gasteiger charge is -2.14. The second-order valence-corrected chi connectivity index (χ2v) is 4.22. The molecule has 0 unspecified atom stereocenters. The lowest BCUT2D eigenvalue weighted by Crippen LogP contribution is -1.96. The molecule has 2 N–H and O–H groups in total. The molecule has 0 aliphatic heterocycles. The first-order valence-electron chi connectivity index (χ1n) is 5.10. The predicted octanol–water partition coefficient (Wildman–Crippen LogP) is 3.20. The summed E-state index contributed by atoms with van der Waals surface area (Å²) in [5.74, 6) is 1.05. The molecule has 2 rings (SSSR count). The first kappa shape index (κ1) is 11.8. The molecule has 0 spiro atoms. The van der Waals surface area contributed by atoms with Crippen LogP contribution in [-0.4, -0.2) is 12.3 Å². The Bertz CT molecular complexity index is 564. The third-order valence-electron chi connectivity index (χ3n) is 2.73. The highest BCUT2D eigenvalue weighted by atomic mass is 35.5. The van der Waals surface area contributed by atoms with Crippen molar-refractivity contribution in [3.05, 3.63) is 28.4 Å². The van der Waals surface area contributed by atoms with Gasteiger partial charge in [-0.3, -0.25) is 0 Å². The van der Waals surface area contributed by atoms with Gasteiger partial charge in [-0.15, -0.1) is 0 Å². The highest BCUT2D eigenvalue weighted by Crippen LogP contribution is 2.40. The number of hydrogen-bond acceptors (Lipinski definition) is 4. The largest absolute Gasteiger partial charge is 0.496 e. The Morgan fingerprint density at radius 1 is 1.41 bits per heavy atom. The van der Waals surface area contributed by atoms with Crippen molar-refractivity contribution in [2.24, 2.45) is 0 Å². The van der Waals surface area contributed by atoms with E-state index >= 15 is 0 Å². The lowest BCUT2D eigenvalue weighted by atomic mass is 9.99. The van der Waals surface area contributed by atoms with Gasteiger partial charge in [0.25, 0.3) is 0 Å². The highest BCUT2D eigenvalue weighted by molar-refractivity contribution is 6.33. The summed E-state index contributed by atoms with van der Waals surface area (Å²) in [7, 11) is 1.63. The van der Waals surface area contributed by atoms with Crippen LogP contribution in [0.1, 0.15) is 11.1 Å². The monoisotopic (exact) mass is 252 g/mol. The zero-order valence-corrected chi connectivity index (χ0v) is 10.6. The molecule has 1 aromatic carbocycles. The molecule has 5 heteroatoms. The van der Waals surface area contributed by atoms with Gasteiger partial charge in [0.2, 0.25) is 5.88 Å². The van der Waals surface area contributed by atoms with Crippen LogP contribution in [0, 0.1) is 13.8 Å². The molecule has 0 atom stereocenters. The Hall–Kier alpha value is -1.68. The van der Waals surface area contributed by atoms with E-state index in [-0.39, 0.29) is 5.88 Å².